The maximum atomic E-state index is 12.0. The number of nitrogens with zero attached hydrogens (tertiary/aromatic N) is 1. The van der Waals surface area contributed by atoms with Crippen molar-refractivity contribution < 1.29 is 19.1 Å². The fraction of sp³-hybridized carbons (Fsp3) is 0.263. The second-order valence-electron chi connectivity index (χ2n) is 5.35. The van der Waals surface area contributed by atoms with E-state index >= 15 is 0 Å². The Morgan fingerprint density at radius 1 is 1.08 bits per heavy atom. The monoisotopic (exact) mass is 405 g/mol. The highest BCUT2D eigenvalue weighted by atomic mass is 79.9. The number of esters is 1. The molecule has 0 spiro atoms. The highest BCUT2D eigenvalue weighted by molar-refractivity contribution is 9.10. The van der Waals surface area contributed by atoms with E-state index in [2.05, 4.69) is 15.9 Å². The van der Waals surface area contributed by atoms with E-state index in [1.807, 2.05) is 48.5 Å². The van der Waals surface area contributed by atoms with Crippen molar-refractivity contribution in [2.75, 3.05) is 26.8 Å². The van der Waals surface area contributed by atoms with Gasteiger partial charge in [0.1, 0.15) is 12.3 Å². The largest absolute Gasteiger partial charge is 0.483 e. The molecule has 2 aromatic rings. The predicted octanol–water partition coefficient (Wildman–Crippen LogP) is 3.52. The van der Waals surface area contributed by atoms with E-state index in [9.17, 15) is 9.59 Å². The Balaban J connectivity index is 1.94. The summed E-state index contributed by atoms with van der Waals surface area (Å²) in [7, 11) is 1.54. The minimum absolute atomic E-state index is 0.0931. The van der Waals surface area contributed by atoms with Gasteiger partial charge in [-0.3, -0.25) is 9.59 Å². The average molecular weight is 406 g/mol. The third kappa shape index (κ3) is 5.60. The Bertz CT molecular complexity index is 733. The van der Waals surface area contributed by atoms with Crippen LogP contribution < -0.4 is 4.74 Å². The molecule has 0 aliphatic heterocycles. The molecule has 0 heterocycles. The van der Waals surface area contributed by atoms with Crippen LogP contribution in [-0.4, -0.2) is 43.6 Å². The summed E-state index contributed by atoms with van der Waals surface area (Å²) in [6.07, 6.45) is 0. The Morgan fingerprint density at radius 3 is 2.44 bits per heavy atom. The third-order valence-corrected chi connectivity index (χ3v) is 4.11. The molecule has 2 rings (SSSR count). The van der Waals surface area contributed by atoms with Gasteiger partial charge in [-0.15, -0.1) is 0 Å². The summed E-state index contributed by atoms with van der Waals surface area (Å²) >= 11 is 3.47. The molecule has 0 aliphatic carbocycles. The normalized spacial score (nSPS) is 10.2. The van der Waals surface area contributed by atoms with Crippen LogP contribution in [0.1, 0.15) is 6.92 Å². The Morgan fingerprint density at radius 2 is 1.80 bits per heavy atom. The van der Waals surface area contributed by atoms with E-state index < -0.39 is 5.97 Å². The Labute approximate surface area is 155 Å². The summed E-state index contributed by atoms with van der Waals surface area (Å²) in [5.74, 6) is -0.170. The summed E-state index contributed by atoms with van der Waals surface area (Å²) < 4.78 is 11.1. The molecule has 0 fully saturated rings. The van der Waals surface area contributed by atoms with E-state index in [0.29, 0.717) is 5.75 Å². The minimum Gasteiger partial charge on any atom is -0.483 e. The van der Waals surface area contributed by atoms with Crippen LogP contribution in [0.2, 0.25) is 0 Å². The molecule has 132 valence electrons. The maximum absolute atomic E-state index is 12.0. The first-order valence-corrected chi connectivity index (χ1v) is 8.68. The standard InChI is InChI=1S/C19H20BrNO4/c1-3-24-19(23)12-21(2)18(22)13-25-17-10-9-15(11-16(17)20)14-7-5-4-6-8-14/h4-11H,3,12-13H2,1-2H3. The first-order valence-electron chi connectivity index (χ1n) is 7.88. The molecule has 5 nitrogen and oxygen atoms in total. The molecule has 0 bridgehead atoms. The fourth-order valence-electron chi connectivity index (χ4n) is 2.17. The molecule has 0 saturated carbocycles. The van der Waals surface area contributed by atoms with Crippen LogP contribution in [0.25, 0.3) is 11.1 Å². The minimum atomic E-state index is -0.438. The molecule has 25 heavy (non-hydrogen) atoms. The van der Waals surface area contributed by atoms with Crippen molar-refractivity contribution >= 4 is 27.8 Å². The average Bonchev–Trinajstić information content (AvgIpc) is 2.61. The van der Waals surface area contributed by atoms with Crippen LogP contribution in [0.5, 0.6) is 5.75 Å². The molecule has 6 heteroatoms. The van der Waals surface area contributed by atoms with Crippen molar-refractivity contribution in [2.24, 2.45) is 0 Å². The predicted molar refractivity (Wildman–Crippen MR) is 99.3 cm³/mol. The van der Waals surface area contributed by atoms with Gasteiger partial charge in [-0.05, 0) is 46.1 Å². The molecule has 0 N–H and O–H groups in total. The topological polar surface area (TPSA) is 55.8 Å². The number of rotatable bonds is 7. The van der Waals surface area contributed by atoms with Crippen molar-refractivity contribution in [1.82, 2.24) is 4.90 Å². The summed E-state index contributed by atoms with van der Waals surface area (Å²) in [5, 5.41) is 0. The Kier molecular flexibility index (Phi) is 7.01. The highest BCUT2D eigenvalue weighted by Crippen LogP contribution is 2.30. The van der Waals surface area contributed by atoms with Crippen LogP contribution in [0.15, 0.2) is 53.0 Å². The molecule has 1 amide bonds. The van der Waals surface area contributed by atoms with Gasteiger partial charge in [0.2, 0.25) is 0 Å². The number of ether oxygens (including phenoxy) is 2. The van der Waals surface area contributed by atoms with Crippen LogP contribution >= 0.6 is 15.9 Å². The van der Waals surface area contributed by atoms with Crippen molar-refractivity contribution in [3.05, 3.63) is 53.0 Å². The van der Waals surface area contributed by atoms with Crippen molar-refractivity contribution in [1.29, 1.82) is 0 Å². The smallest absolute Gasteiger partial charge is 0.325 e. The lowest BCUT2D eigenvalue weighted by Crippen LogP contribution is -2.36. The maximum Gasteiger partial charge on any atom is 0.325 e. The van der Waals surface area contributed by atoms with Gasteiger partial charge >= 0.3 is 5.97 Å². The van der Waals surface area contributed by atoms with Gasteiger partial charge < -0.3 is 14.4 Å². The van der Waals surface area contributed by atoms with Crippen molar-refractivity contribution in [3.8, 4) is 16.9 Å². The zero-order valence-corrected chi connectivity index (χ0v) is 15.8. The summed E-state index contributed by atoms with van der Waals surface area (Å²) in [6.45, 7) is 1.76. The molecule has 0 saturated heterocycles. The molecule has 2 aromatic carbocycles. The number of halogens is 1. The number of carbonyl (C=O) groups excluding carboxylic acids is 2. The van der Waals surface area contributed by atoms with Gasteiger partial charge in [-0.1, -0.05) is 36.4 Å². The number of hydrogen-bond acceptors (Lipinski definition) is 4. The second kappa shape index (κ2) is 9.22. The van der Waals surface area contributed by atoms with Crippen LogP contribution in [-0.2, 0) is 14.3 Å². The lowest BCUT2D eigenvalue weighted by atomic mass is 10.1. The first kappa shape index (κ1) is 19.0. The molecule has 0 aromatic heterocycles. The highest BCUT2D eigenvalue weighted by Gasteiger charge is 2.15. The van der Waals surface area contributed by atoms with E-state index in [1.165, 1.54) is 11.9 Å². The van der Waals surface area contributed by atoms with E-state index in [4.69, 9.17) is 9.47 Å². The molecular formula is C19H20BrNO4. The summed E-state index contributed by atoms with van der Waals surface area (Å²) in [4.78, 5) is 24.7. The number of amides is 1. The van der Waals surface area contributed by atoms with Gasteiger partial charge in [0.15, 0.2) is 6.61 Å². The quantitative estimate of drug-likeness (QED) is 0.661. The van der Waals surface area contributed by atoms with Gasteiger partial charge in [0.05, 0.1) is 11.1 Å². The lowest BCUT2D eigenvalue weighted by Gasteiger charge is -2.17. The zero-order chi connectivity index (χ0) is 18.2. The summed E-state index contributed by atoms with van der Waals surface area (Å²) in [6, 6.07) is 15.7. The van der Waals surface area contributed by atoms with E-state index in [0.717, 1.165) is 15.6 Å². The van der Waals surface area contributed by atoms with Crippen LogP contribution in [0.3, 0.4) is 0 Å². The molecule has 0 atom stereocenters. The van der Waals surface area contributed by atoms with Gasteiger partial charge in [-0.2, -0.15) is 0 Å². The molecule has 0 radical (unpaired) electrons. The van der Waals surface area contributed by atoms with Gasteiger partial charge in [0.25, 0.3) is 5.91 Å². The number of carbonyl (C=O) groups is 2. The van der Waals surface area contributed by atoms with Gasteiger partial charge in [0, 0.05) is 7.05 Å². The molecular weight excluding hydrogens is 386 g/mol. The molecule has 0 unspecified atom stereocenters. The van der Waals surface area contributed by atoms with Crippen molar-refractivity contribution in [3.63, 3.8) is 0 Å². The molecule has 0 aliphatic rings. The lowest BCUT2D eigenvalue weighted by molar-refractivity contribution is -0.148. The zero-order valence-electron chi connectivity index (χ0n) is 14.2. The van der Waals surface area contributed by atoms with Gasteiger partial charge in [-0.25, -0.2) is 0 Å². The number of likely N-dealkylation sites (N-methyl/N-ethyl adjacent to an activating group) is 1. The van der Waals surface area contributed by atoms with E-state index in [-0.39, 0.29) is 25.7 Å². The van der Waals surface area contributed by atoms with Crippen LogP contribution in [0, 0.1) is 0 Å². The SMILES string of the molecule is CCOC(=O)CN(C)C(=O)COc1ccc(-c2ccccc2)cc1Br. The number of hydrogen-bond donors (Lipinski definition) is 0. The fourth-order valence-corrected chi connectivity index (χ4v) is 2.66. The number of benzene rings is 2. The second-order valence-corrected chi connectivity index (χ2v) is 6.21. The van der Waals surface area contributed by atoms with E-state index in [1.54, 1.807) is 6.92 Å². The first-order chi connectivity index (χ1) is 12.0. The summed E-state index contributed by atoms with van der Waals surface area (Å²) in [5.41, 5.74) is 2.14. The van der Waals surface area contributed by atoms with Crippen molar-refractivity contribution in [2.45, 2.75) is 6.92 Å². The third-order valence-electron chi connectivity index (χ3n) is 3.49. The van der Waals surface area contributed by atoms with Crippen LogP contribution in [0.4, 0.5) is 0 Å². The Hall–Kier alpha value is -2.34.